The molecular formula is C16H28O. The van der Waals surface area contributed by atoms with Crippen LogP contribution in [-0.2, 0) is 4.79 Å². The van der Waals surface area contributed by atoms with Crippen LogP contribution in [0.3, 0.4) is 0 Å². The second-order valence-electron chi connectivity index (χ2n) is 4.48. The fraction of sp³-hybridized carbons (Fsp3) is 0.688. The van der Waals surface area contributed by atoms with Crippen LogP contribution in [0.25, 0.3) is 0 Å². The molecule has 98 valence electrons. The highest BCUT2D eigenvalue weighted by atomic mass is 16.1. The van der Waals surface area contributed by atoms with E-state index in [2.05, 4.69) is 31.2 Å². The van der Waals surface area contributed by atoms with Gasteiger partial charge in [-0.15, -0.1) is 0 Å². The van der Waals surface area contributed by atoms with Crippen molar-refractivity contribution < 1.29 is 4.79 Å². The maximum Gasteiger partial charge on any atom is 0.119 e. The van der Waals surface area contributed by atoms with E-state index in [1.165, 1.54) is 44.9 Å². The minimum atomic E-state index is 0.740. The number of carbonyl (C=O) groups is 1. The van der Waals surface area contributed by atoms with Crippen LogP contribution in [-0.4, -0.2) is 6.29 Å². The minimum absolute atomic E-state index is 0.740. The van der Waals surface area contributed by atoms with E-state index >= 15 is 0 Å². The lowest BCUT2D eigenvalue weighted by molar-refractivity contribution is -0.107. The third kappa shape index (κ3) is 15.1. The van der Waals surface area contributed by atoms with Gasteiger partial charge in [0.1, 0.15) is 6.29 Å². The summed E-state index contributed by atoms with van der Waals surface area (Å²) in [6.45, 7) is 2.20. The van der Waals surface area contributed by atoms with Gasteiger partial charge < -0.3 is 4.79 Å². The van der Waals surface area contributed by atoms with Gasteiger partial charge in [0.25, 0.3) is 0 Å². The second kappa shape index (κ2) is 15.1. The zero-order valence-electron chi connectivity index (χ0n) is 11.4. The zero-order chi connectivity index (χ0) is 12.6. The molecule has 1 nitrogen and oxygen atoms in total. The highest BCUT2D eigenvalue weighted by molar-refractivity contribution is 5.48. The van der Waals surface area contributed by atoms with Crippen molar-refractivity contribution in [3.8, 4) is 0 Å². The highest BCUT2D eigenvalue weighted by Gasteiger charge is 1.89. The van der Waals surface area contributed by atoms with Crippen LogP contribution in [0.15, 0.2) is 24.3 Å². The largest absolute Gasteiger partial charge is 0.303 e. The molecule has 0 aliphatic carbocycles. The Balaban J connectivity index is 3.11. The Morgan fingerprint density at radius 3 is 1.94 bits per heavy atom. The molecule has 0 saturated heterocycles. The first kappa shape index (κ1) is 16.1. The summed E-state index contributed by atoms with van der Waals surface area (Å²) >= 11 is 0. The van der Waals surface area contributed by atoms with Crippen molar-refractivity contribution in [1.82, 2.24) is 0 Å². The van der Waals surface area contributed by atoms with Crippen molar-refractivity contribution in [2.45, 2.75) is 71.1 Å². The average molecular weight is 236 g/mol. The Kier molecular flexibility index (Phi) is 14.4. The third-order valence-corrected chi connectivity index (χ3v) is 2.75. The van der Waals surface area contributed by atoms with Gasteiger partial charge in [-0.25, -0.2) is 0 Å². The van der Waals surface area contributed by atoms with Crippen LogP contribution in [0.5, 0.6) is 0 Å². The van der Waals surface area contributed by atoms with Gasteiger partial charge in [-0.3, -0.25) is 0 Å². The van der Waals surface area contributed by atoms with E-state index in [9.17, 15) is 4.79 Å². The molecule has 0 aromatic heterocycles. The summed E-state index contributed by atoms with van der Waals surface area (Å²) in [5, 5.41) is 0. The molecule has 0 N–H and O–H groups in total. The van der Waals surface area contributed by atoms with Crippen LogP contribution in [0.4, 0.5) is 0 Å². The number of aldehydes is 1. The van der Waals surface area contributed by atoms with Crippen LogP contribution >= 0.6 is 0 Å². The number of hydrogen-bond acceptors (Lipinski definition) is 1. The molecule has 0 unspecified atom stereocenters. The number of hydrogen-bond donors (Lipinski definition) is 0. The lowest BCUT2D eigenvalue weighted by atomic mass is 10.1. The van der Waals surface area contributed by atoms with Crippen LogP contribution in [0, 0.1) is 0 Å². The van der Waals surface area contributed by atoms with Gasteiger partial charge >= 0.3 is 0 Å². The molecule has 0 heterocycles. The van der Waals surface area contributed by atoms with E-state index in [0.29, 0.717) is 0 Å². The van der Waals surface area contributed by atoms with Crippen molar-refractivity contribution >= 4 is 6.29 Å². The summed E-state index contributed by atoms with van der Waals surface area (Å²) in [6, 6.07) is 0. The van der Waals surface area contributed by atoms with Crippen molar-refractivity contribution in [1.29, 1.82) is 0 Å². The van der Waals surface area contributed by atoms with E-state index < -0.39 is 0 Å². The highest BCUT2D eigenvalue weighted by Crippen LogP contribution is 2.07. The topological polar surface area (TPSA) is 17.1 Å². The van der Waals surface area contributed by atoms with E-state index in [4.69, 9.17) is 0 Å². The summed E-state index contributed by atoms with van der Waals surface area (Å²) in [5.74, 6) is 0. The van der Waals surface area contributed by atoms with Crippen LogP contribution in [0.2, 0.25) is 0 Å². The molecule has 0 radical (unpaired) electrons. The van der Waals surface area contributed by atoms with Crippen molar-refractivity contribution in [2.24, 2.45) is 0 Å². The van der Waals surface area contributed by atoms with Crippen LogP contribution in [0.1, 0.15) is 71.1 Å². The van der Waals surface area contributed by atoms with Crippen molar-refractivity contribution in [2.75, 3.05) is 0 Å². The summed E-state index contributed by atoms with van der Waals surface area (Å²) < 4.78 is 0. The maximum absolute atomic E-state index is 10.1. The first-order valence-corrected chi connectivity index (χ1v) is 7.15. The van der Waals surface area contributed by atoms with Gasteiger partial charge in [-0.05, 0) is 32.1 Å². The third-order valence-electron chi connectivity index (χ3n) is 2.75. The predicted molar refractivity (Wildman–Crippen MR) is 76.2 cm³/mol. The van der Waals surface area contributed by atoms with Crippen molar-refractivity contribution in [3.05, 3.63) is 24.3 Å². The molecule has 1 heteroatoms. The van der Waals surface area contributed by atoms with E-state index in [0.717, 1.165) is 25.5 Å². The smallest absolute Gasteiger partial charge is 0.119 e. The summed E-state index contributed by atoms with van der Waals surface area (Å²) in [5.41, 5.74) is 0. The van der Waals surface area contributed by atoms with E-state index in [-0.39, 0.29) is 0 Å². The number of allylic oxidation sites excluding steroid dienone is 4. The first-order chi connectivity index (χ1) is 8.41. The fourth-order valence-electron chi connectivity index (χ4n) is 1.69. The van der Waals surface area contributed by atoms with Gasteiger partial charge in [0.2, 0.25) is 0 Å². The Morgan fingerprint density at radius 1 is 0.706 bits per heavy atom. The molecule has 0 atom stereocenters. The fourth-order valence-corrected chi connectivity index (χ4v) is 1.69. The zero-order valence-corrected chi connectivity index (χ0v) is 11.4. The Bertz CT molecular complexity index is 204. The number of unbranched alkanes of at least 4 members (excludes halogenated alkanes) is 7. The van der Waals surface area contributed by atoms with Gasteiger partial charge in [0.05, 0.1) is 0 Å². The molecule has 0 bridgehead atoms. The molecule has 0 rings (SSSR count). The maximum atomic E-state index is 10.1. The molecule has 0 aromatic rings. The van der Waals surface area contributed by atoms with Crippen LogP contribution < -0.4 is 0 Å². The number of carbonyl (C=O) groups excluding carboxylic acids is 1. The molecule has 0 fully saturated rings. The Labute approximate surface area is 107 Å². The SMILES string of the molecule is CCCC=CCC=CCCCCCCCC=O. The van der Waals surface area contributed by atoms with Gasteiger partial charge in [-0.1, -0.05) is 56.9 Å². The van der Waals surface area contributed by atoms with E-state index in [1.54, 1.807) is 0 Å². The normalized spacial score (nSPS) is 11.6. The van der Waals surface area contributed by atoms with Gasteiger partial charge in [-0.2, -0.15) is 0 Å². The van der Waals surface area contributed by atoms with Gasteiger partial charge in [0, 0.05) is 6.42 Å². The number of rotatable bonds is 12. The monoisotopic (exact) mass is 236 g/mol. The molecule has 0 aromatic carbocycles. The molecule has 0 aliphatic rings. The van der Waals surface area contributed by atoms with Gasteiger partial charge in [0.15, 0.2) is 0 Å². The lowest BCUT2D eigenvalue weighted by Gasteiger charge is -1.97. The van der Waals surface area contributed by atoms with Crippen molar-refractivity contribution in [3.63, 3.8) is 0 Å². The molecule has 0 spiro atoms. The molecule has 0 saturated carbocycles. The molecule has 0 aliphatic heterocycles. The average Bonchev–Trinajstić information content (AvgIpc) is 2.35. The minimum Gasteiger partial charge on any atom is -0.303 e. The second-order valence-corrected chi connectivity index (χ2v) is 4.48. The molecule has 17 heavy (non-hydrogen) atoms. The first-order valence-electron chi connectivity index (χ1n) is 7.15. The molecular weight excluding hydrogens is 208 g/mol. The summed E-state index contributed by atoms with van der Waals surface area (Å²) in [4.78, 5) is 10.1. The molecule has 0 amide bonds. The summed E-state index contributed by atoms with van der Waals surface area (Å²) in [7, 11) is 0. The predicted octanol–water partition coefficient (Wildman–Crippen LogP) is 5.22. The Morgan fingerprint density at radius 2 is 1.29 bits per heavy atom. The Hall–Kier alpha value is -0.850. The summed E-state index contributed by atoms with van der Waals surface area (Å²) in [6.07, 6.45) is 21.7. The standard InChI is InChI=1S/C16H28O/c1-2-3-4-5-6-7-8-9-10-11-12-13-14-15-16-17/h4-5,7-8,16H,2-3,6,9-15H2,1H3. The lowest BCUT2D eigenvalue weighted by Crippen LogP contribution is -1.80. The quantitative estimate of drug-likeness (QED) is 0.258. The van der Waals surface area contributed by atoms with E-state index in [1.807, 2.05) is 0 Å².